The third kappa shape index (κ3) is 8.23. The van der Waals surface area contributed by atoms with Gasteiger partial charge in [0.15, 0.2) is 5.69 Å². The number of aromatic carboxylic acids is 1. The number of carbonyl (C=O) groups excluding carboxylic acids is 1. The minimum absolute atomic E-state index is 0.0104. The summed E-state index contributed by atoms with van der Waals surface area (Å²) in [5.74, 6) is -0.189. The van der Waals surface area contributed by atoms with Gasteiger partial charge in [-0.15, -0.1) is 0 Å². The Balaban J connectivity index is 1.31. The Bertz CT molecular complexity index is 2900. The molecule has 326 valence electrons. The van der Waals surface area contributed by atoms with Crippen LogP contribution in [0, 0.1) is 34.6 Å². The van der Waals surface area contributed by atoms with E-state index in [1.165, 1.54) is 0 Å². The molecule has 5 heterocycles. The topological polar surface area (TPSA) is 128 Å². The number of hydrogen-bond acceptors (Lipinski definition) is 8. The van der Waals surface area contributed by atoms with E-state index in [2.05, 4.69) is 26.4 Å². The second-order valence-electron chi connectivity index (χ2n) is 16.8. The number of carboxylic acid groups (broad SMARTS) is 1. The van der Waals surface area contributed by atoms with Crippen LogP contribution in [-0.2, 0) is 13.0 Å². The SMILES string of the molecule is Cc1ccnc(Cn2c(C(=O)O)c(N3C[C@@H](C)n4c(c(CCCOc5cc(C)c(Cl)c(C)c5)c5ccc(Cl)c(-c6c(C)ncnc6C)c54)C3=O)c3cc(OCCN(C)C)ccc32)c1. The Morgan fingerprint density at radius 2 is 1.59 bits per heavy atom. The van der Waals surface area contributed by atoms with E-state index in [-0.39, 0.29) is 30.7 Å². The van der Waals surface area contributed by atoms with Gasteiger partial charge in [-0.05, 0) is 139 Å². The fourth-order valence-corrected chi connectivity index (χ4v) is 9.35. The highest BCUT2D eigenvalue weighted by Gasteiger charge is 2.40. The average molecular weight is 889 g/mol. The van der Waals surface area contributed by atoms with Crippen LogP contribution in [0.5, 0.6) is 11.5 Å². The zero-order valence-electron chi connectivity index (χ0n) is 36.8. The van der Waals surface area contributed by atoms with E-state index in [0.29, 0.717) is 76.4 Å². The Labute approximate surface area is 377 Å². The molecule has 7 aromatic rings. The van der Waals surface area contributed by atoms with Gasteiger partial charge in [-0.1, -0.05) is 29.3 Å². The number of ether oxygens (including phenoxy) is 2. The van der Waals surface area contributed by atoms with Crippen LogP contribution in [0.1, 0.15) is 79.7 Å². The van der Waals surface area contributed by atoms with E-state index in [9.17, 15) is 9.90 Å². The maximum atomic E-state index is 15.7. The summed E-state index contributed by atoms with van der Waals surface area (Å²) in [4.78, 5) is 46.7. The molecular formula is C49H51Cl2N7O5. The molecule has 0 unspecified atom stereocenters. The lowest BCUT2D eigenvalue weighted by atomic mass is 9.97. The minimum atomic E-state index is -1.16. The first kappa shape index (κ1) is 43.7. The van der Waals surface area contributed by atoms with Gasteiger partial charge >= 0.3 is 5.97 Å². The molecule has 1 amide bonds. The van der Waals surface area contributed by atoms with Crippen molar-refractivity contribution in [3.63, 3.8) is 0 Å². The minimum Gasteiger partial charge on any atom is -0.494 e. The summed E-state index contributed by atoms with van der Waals surface area (Å²) >= 11 is 13.6. The predicted octanol–water partition coefficient (Wildman–Crippen LogP) is 10.2. The van der Waals surface area contributed by atoms with Gasteiger partial charge in [-0.2, -0.15) is 0 Å². The normalized spacial score (nSPS) is 14.0. The third-order valence-electron chi connectivity index (χ3n) is 11.9. The Morgan fingerprint density at radius 1 is 0.873 bits per heavy atom. The van der Waals surface area contributed by atoms with Crippen LogP contribution < -0.4 is 14.4 Å². The molecule has 0 saturated carbocycles. The number of fused-ring (bicyclic) bond motifs is 4. The lowest BCUT2D eigenvalue weighted by Gasteiger charge is -2.34. The van der Waals surface area contributed by atoms with Crippen LogP contribution in [0.4, 0.5) is 5.69 Å². The van der Waals surface area contributed by atoms with Crippen LogP contribution in [-0.4, -0.2) is 86.4 Å². The van der Waals surface area contributed by atoms with Gasteiger partial charge in [0, 0.05) is 63.6 Å². The molecule has 12 nitrogen and oxygen atoms in total. The van der Waals surface area contributed by atoms with Gasteiger partial charge in [0.25, 0.3) is 5.91 Å². The lowest BCUT2D eigenvalue weighted by molar-refractivity contribution is 0.0687. The number of anilines is 1. The van der Waals surface area contributed by atoms with Gasteiger partial charge in [0.2, 0.25) is 0 Å². The van der Waals surface area contributed by atoms with Crippen molar-refractivity contribution in [3.05, 3.63) is 128 Å². The summed E-state index contributed by atoms with van der Waals surface area (Å²) in [7, 11) is 3.95. The molecule has 0 fully saturated rings. The summed E-state index contributed by atoms with van der Waals surface area (Å²) in [6, 6.07) is 16.8. The number of aryl methyl sites for hydroxylation is 6. The summed E-state index contributed by atoms with van der Waals surface area (Å²) in [5.41, 5.74) is 9.68. The van der Waals surface area contributed by atoms with Crippen molar-refractivity contribution in [3.8, 4) is 22.6 Å². The molecule has 0 radical (unpaired) electrons. The monoisotopic (exact) mass is 887 g/mol. The number of benzene rings is 3. The van der Waals surface area contributed by atoms with E-state index < -0.39 is 5.97 Å². The number of carbonyl (C=O) groups is 2. The summed E-state index contributed by atoms with van der Waals surface area (Å²) in [6.45, 7) is 13.6. The number of nitrogens with zero attached hydrogens (tertiary/aromatic N) is 7. The molecule has 8 rings (SSSR count). The Hall–Kier alpha value is -5.95. The van der Waals surface area contributed by atoms with Crippen LogP contribution >= 0.6 is 23.2 Å². The number of hydrogen-bond donors (Lipinski definition) is 1. The van der Waals surface area contributed by atoms with Crippen molar-refractivity contribution in [2.24, 2.45) is 0 Å². The van der Waals surface area contributed by atoms with Gasteiger partial charge in [0.1, 0.15) is 30.1 Å². The molecule has 0 bridgehead atoms. The first-order valence-electron chi connectivity index (χ1n) is 21.1. The molecule has 1 aliphatic heterocycles. The van der Waals surface area contributed by atoms with Gasteiger partial charge in [-0.3, -0.25) is 9.78 Å². The number of aromatic nitrogens is 5. The predicted molar refractivity (Wildman–Crippen MR) is 250 cm³/mol. The maximum Gasteiger partial charge on any atom is 0.354 e. The molecule has 63 heavy (non-hydrogen) atoms. The Morgan fingerprint density at radius 3 is 2.27 bits per heavy atom. The number of amides is 1. The fourth-order valence-electron chi connectivity index (χ4n) is 8.99. The second-order valence-corrected chi connectivity index (χ2v) is 17.6. The van der Waals surface area contributed by atoms with Crippen molar-refractivity contribution in [2.75, 3.05) is 45.3 Å². The summed E-state index contributed by atoms with van der Waals surface area (Å²) < 4.78 is 16.3. The van der Waals surface area contributed by atoms with Crippen LogP contribution in [0.15, 0.2) is 67.1 Å². The second kappa shape index (κ2) is 17.7. The van der Waals surface area contributed by atoms with E-state index in [1.807, 2.05) is 108 Å². The van der Waals surface area contributed by atoms with E-state index in [0.717, 1.165) is 61.4 Å². The van der Waals surface area contributed by atoms with Crippen molar-refractivity contribution >= 4 is 62.6 Å². The highest BCUT2D eigenvalue weighted by Crippen LogP contribution is 2.46. The summed E-state index contributed by atoms with van der Waals surface area (Å²) in [6.07, 6.45) is 4.32. The lowest BCUT2D eigenvalue weighted by Crippen LogP contribution is -2.43. The van der Waals surface area contributed by atoms with Crippen LogP contribution in [0.3, 0.4) is 0 Å². The van der Waals surface area contributed by atoms with E-state index in [1.54, 1.807) is 22.0 Å². The maximum absolute atomic E-state index is 15.7. The number of carboxylic acids is 1. The highest BCUT2D eigenvalue weighted by atomic mass is 35.5. The van der Waals surface area contributed by atoms with E-state index in [4.69, 9.17) is 32.7 Å². The highest BCUT2D eigenvalue weighted by molar-refractivity contribution is 6.35. The van der Waals surface area contributed by atoms with E-state index >= 15 is 4.79 Å². The zero-order chi connectivity index (χ0) is 44.9. The molecule has 1 aliphatic rings. The molecule has 4 aromatic heterocycles. The molecule has 3 aromatic carbocycles. The average Bonchev–Trinajstić information content (AvgIpc) is 3.73. The van der Waals surface area contributed by atoms with Gasteiger partial charge in [-0.25, -0.2) is 14.8 Å². The quantitative estimate of drug-likeness (QED) is 0.106. The number of pyridine rings is 1. The molecule has 14 heteroatoms. The first-order chi connectivity index (χ1) is 30.1. The van der Waals surface area contributed by atoms with Crippen molar-refractivity contribution in [2.45, 2.75) is 67.0 Å². The van der Waals surface area contributed by atoms with Gasteiger partial charge in [0.05, 0.1) is 40.6 Å². The molecule has 0 saturated heterocycles. The third-order valence-corrected chi connectivity index (χ3v) is 12.8. The first-order valence-corrected chi connectivity index (χ1v) is 21.8. The van der Waals surface area contributed by atoms with Crippen molar-refractivity contribution in [1.29, 1.82) is 0 Å². The molecule has 0 aliphatic carbocycles. The number of likely N-dealkylation sites (N-methyl/N-ethyl adjacent to an activating group) is 1. The van der Waals surface area contributed by atoms with Gasteiger partial charge < -0.3 is 33.5 Å². The zero-order valence-corrected chi connectivity index (χ0v) is 38.4. The molecule has 1 atom stereocenters. The summed E-state index contributed by atoms with van der Waals surface area (Å²) in [5, 5.41) is 13.8. The standard InChI is InChI=1S/C49H51Cl2N7O5/c1-27-15-16-52-33(20-27)25-56-40-14-11-34(63-19-17-55(7)8)23-38(40)45(47(56)49(60)61)57-24-30(4)58-44-37(12-13-39(50)42(44)41-31(5)53-26-54-32(41)6)36(46(58)48(57)59)10-9-18-62-35-21-28(2)43(51)29(3)22-35/h11-16,20-23,26,30H,9-10,17-19,24-25H2,1-8H3,(H,60,61)/t30-/m1/s1. The van der Waals surface area contributed by atoms with Crippen LogP contribution in [0.2, 0.25) is 10.0 Å². The largest absolute Gasteiger partial charge is 0.494 e. The van der Waals surface area contributed by atoms with Crippen LogP contribution in [0.25, 0.3) is 32.9 Å². The fraction of sp³-hybridized carbons (Fsp3) is 0.327. The Kier molecular flexibility index (Phi) is 12.3. The molecule has 1 N–H and O–H groups in total. The van der Waals surface area contributed by atoms with Crippen molar-refractivity contribution < 1.29 is 24.2 Å². The number of halogens is 2. The smallest absolute Gasteiger partial charge is 0.354 e. The molecular weight excluding hydrogens is 837 g/mol. The number of rotatable bonds is 14. The molecule has 0 spiro atoms. The van der Waals surface area contributed by atoms with Crippen molar-refractivity contribution in [1.82, 2.24) is 29.0 Å².